The van der Waals surface area contributed by atoms with Gasteiger partial charge < -0.3 is 14.2 Å². The van der Waals surface area contributed by atoms with Gasteiger partial charge in [0.05, 0.1) is 0 Å². The molecule has 0 saturated heterocycles. The largest absolute Gasteiger partial charge is 0.462 e. The quantitative estimate of drug-likeness (QED) is 0.0262. The number of esters is 3. The molecule has 0 aliphatic rings. The van der Waals surface area contributed by atoms with E-state index in [9.17, 15) is 14.4 Å². The number of carbonyl (C=O) groups is 3. The van der Waals surface area contributed by atoms with Crippen LogP contribution in [0.2, 0.25) is 0 Å². The third-order valence-corrected chi connectivity index (χ3v) is 12.0. The Hall–Kier alpha value is -2.89. The molecule has 6 heteroatoms. The van der Waals surface area contributed by atoms with Gasteiger partial charge >= 0.3 is 17.9 Å². The zero-order valence-electron chi connectivity index (χ0n) is 43.0. The summed E-state index contributed by atoms with van der Waals surface area (Å²) in [7, 11) is 0. The third-order valence-electron chi connectivity index (χ3n) is 12.0. The van der Waals surface area contributed by atoms with Crippen LogP contribution < -0.4 is 0 Å². The van der Waals surface area contributed by atoms with Crippen molar-refractivity contribution in [2.75, 3.05) is 13.2 Å². The molecule has 0 radical (unpaired) electrons. The molecule has 1 atom stereocenters. The highest BCUT2D eigenvalue weighted by molar-refractivity contribution is 5.71. The van der Waals surface area contributed by atoms with E-state index in [2.05, 4.69) is 81.5 Å². The highest BCUT2D eigenvalue weighted by Crippen LogP contribution is 2.14. The average Bonchev–Trinajstić information content (AvgIpc) is 3.30. The molecule has 65 heavy (non-hydrogen) atoms. The molecular weight excluding hydrogens is 805 g/mol. The Morgan fingerprint density at radius 1 is 0.308 bits per heavy atom. The first-order valence-corrected chi connectivity index (χ1v) is 27.8. The van der Waals surface area contributed by atoms with Gasteiger partial charge in [0.2, 0.25) is 0 Å². The molecule has 0 aromatic rings. The predicted molar refractivity (Wildman–Crippen MR) is 279 cm³/mol. The monoisotopic (exact) mass is 909 g/mol. The molecule has 376 valence electrons. The van der Waals surface area contributed by atoms with E-state index in [1.807, 2.05) is 0 Å². The first-order valence-electron chi connectivity index (χ1n) is 27.8. The summed E-state index contributed by atoms with van der Waals surface area (Å²) in [5, 5.41) is 0. The summed E-state index contributed by atoms with van der Waals surface area (Å²) in [6, 6.07) is 0. The average molecular weight is 909 g/mol. The molecule has 0 unspecified atom stereocenters. The van der Waals surface area contributed by atoms with Crippen LogP contribution in [0.3, 0.4) is 0 Å². The lowest BCUT2D eigenvalue weighted by molar-refractivity contribution is -0.167. The lowest BCUT2D eigenvalue weighted by atomic mass is 10.1. The second-order valence-electron chi connectivity index (χ2n) is 18.5. The van der Waals surface area contributed by atoms with E-state index in [-0.39, 0.29) is 37.5 Å². The fraction of sp³-hybridized carbons (Fsp3) is 0.780. The van der Waals surface area contributed by atoms with Crippen molar-refractivity contribution in [2.24, 2.45) is 0 Å². The Labute approximate surface area is 402 Å². The van der Waals surface area contributed by atoms with Crippen LogP contribution in [0.1, 0.15) is 278 Å². The van der Waals surface area contributed by atoms with Crippen LogP contribution in [0.25, 0.3) is 0 Å². The minimum atomic E-state index is -0.801. The molecule has 0 bridgehead atoms. The van der Waals surface area contributed by atoms with Crippen molar-refractivity contribution >= 4 is 17.9 Å². The maximum Gasteiger partial charge on any atom is 0.306 e. The smallest absolute Gasteiger partial charge is 0.306 e. The molecule has 0 N–H and O–H groups in total. The fourth-order valence-corrected chi connectivity index (χ4v) is 7.74. The molecule has 0 rings (SSSR count). The van der Waals surface area contributed by atoms with Crippen molar-refractivity contribution in [1.82, 2.24) is 0 Å². The van der Waals surface area contributed by atoms with E-state index in [1.54, 1.807) is 0 Å². The van der Waals surface area contributed by atoms with Crippen molar-refractivity contribution in [2.45, 2.75) is 284 Å². The van der Waals surface area contributed by atoms with Gasteiger partial charge in [0, 0.05) is 19.3 Å². The molecule has 0 aliphatic heterocycles. The van der Waals surface area contributed by atoms with E-state index < -0.39 is 6.10 Å². The summed E-state index contributed by atoms with van der Waals surface area (Å²) < 4.78 is 16.8. The van der Waals surface area contributed by atoms with Gasteiger partial charge in [-0.3, -0.25) is 14.4 Å². The lowest BCUT2D eigenvalue weighted by Crippen LogP contribution is -2.30. The zero-order chi connectivity index (χ0) is 47.2. The summed E-state index contributed by atoms with van der Waals surface area (Å²) in [6.45, 7) is 6.58. The maximum absolute atomic E-state index is 12.8. The molecule has 0 heterocycles. The highest BCUT2D eigenvalue weighted by atomic mass is 16.6. The number of unbranched alkanes of at least 4 members (excludes halogenated alkanes) is 29. The highest BCUT2D eigenvalue weighted by Gasteiger charge is 2.19. The maximum atomic E-state index is 12.8. The number of rotatable bonds is 50. The first-order chi connectivity index (χ1) is 32.0. The number of carbonyl (C=O) groups excluding carboxylic acids is 3. The third kappa shape index (κ3) is 51.9. The molecule has 0 aromatic heterocycles. The van der Waals surface area contributed by atoms with Crippen molar-refractivity contribution in [1.29, 1.82) is 0 Å². The number of hydrogen-bond acceptors (Lipinski definition) is 6. The molecule has 0 amide bonds. The van der Waals surface area contributed by atoms with Gasteiger partial charge in [-0.05, 0) is 103 Å². The summed E-state index contributed by atoms with van der Waals surface area (Å²) in [4.78, 5) is 38.0. The Morgan fingerprint density at radius 3 is 0.938 bits per heavy atom. The summed E-state index contributed by atoms with van der Waals surface area (Å²) in [5.41, 5.74) is 0. The van der Waals surface area contributed by atoms with Crippen LogP contribution in [-0.4, -0.2) is 37.2 Å². The lowest BCUT2D eigenvalue weighted by Gasteiger charge is -2.18. The van der Waals surface area contributed by atoms with E-state index in [0.717, 1.165) is 77.0 Å². The van der Waals surface area contributed by atoms with Crippen LogP contribution in [0.5, 0.6) is 0 Å². The van der Waals surface area contributed by atoms with Crippen LogP contribution in [0.4, 0.5) is 0 Å². The van der Waals surface area contributed by atoms with E-state index in [0.29, 0.717) is 19.3 Å². The van der Waals surface area contributed by atoms with Crippen LogP contribution in [0.15, 0.2) is 60.8 Å². The number of allylic oxidation sites excluding steroid dienone is 10. The SMILES string of the molecule is CCCCCCCCC=CCC=CCC=CCCCC(=O)OC[C@@H](COC(=O)CCCCCCCC=CCCCCCCCC)OC(=O)CCCCCCCC=CCCCCCCCC. The van der Waals surface area contributed by atoms with Crippen LogP contribution in [-0.2, 0) is 28.6 Å². The molecule has 0 fully saturated rings. The van der Waals surface area contributed by atoms with Gasteiger partial charge in [0.15, 0.2) is 6.10 Å². The van der Waals surface area contributed by atoms with Crippen LogP contribution >= 0.6 is 0 Å². The molecule has 0 aromatic carbocycles. The topological polar surface area (TPSA) is 78.9 Å². The predicted octanol–water partition coefficient (Wildman–Crippen LogP) is 18.4. The van der Waals surface area contributed by atoms with Crippen molar-refractivity contribution in [3.63, 3.8) is 0 Å². The Kier molecular flexibility index (Phi) is 51.3. The van der Waals surface area contributed by atoms with Crippen LogP contribution in [0, 0.1) is 0 Å². The van der Waals surface area contributed by atoms with E-state index in [4.69, 9.17) is 14.2 Å². The summed E-state index contributed by atoms with van der Waals surface area (Å²) in [5.74, 6) is -0.960. The molecular formula is C59H104O6. The second kappa shape index (κ2) is 53.7. The fourth-order valence-electron chi connectivity index (χ4n) is 7.74. The minimum absolute atomic E-state index is 0.0968. The molecule has 0 aliphatic carbocycles. The second-order valence-corrected chi connectivity index (χ2v) is 18.5. The Balaban J connectivity index is 4.47. The summed E-state index contributed by atoms with van der Waals surface area (Å²) >= 11 is 0. The standard InChI is InChI=1S/C59H104O6/c1-4-7-10-13-16-19-22-25-28-29-32-34-37-40-43-46-49-52-58(61)64-55-56(65-59(62)53-50-47-44-41-38-35-31-27-24-21-18-15-12-9-6-3)54-63-57(60)51-48-45-42-39-36-33-30-26-23-20-17-14-11-8-5-2/h25-28,30-32,34,40,43,56H,4-24,29,33,35-39,41-42,44-55H2,1-3H3/t56-/m1/s1. The Morgan fingerprint density at radius 2 is 0.569 bits per heavy atom. The van der Waals surface area contributed by atoms with Gasteiger partial charge in [0.25, 0.3) is 0 Å². The van der Waals surface area contributed by atoms with Gasteiger partial charge in [-0.2, -0.15) is 0 Å². The minimum Gasteiger partial charge on any atom is -0.462 e. The van der Waals surface area contributed by atoms with Gasteiger partial charge in [0.1, 0.15) is 13.2 Å². The summed E-state index contributed by atoms with van der Waals surface area (Å²) in [6.07, 6.45) is 66.4. The number of hydrogen-bond donors (Lipinski definition) is 0. The number of ether oxygens (including phenoxy) is 3. The van der Waals surface area contributed by atoms with Crippen molar-refractivity contribution < 1.29 is 28.6 Å². The van der Waals surface area contributed by atoms with E-state index in [1.165, 1.54) is 154 Å². The molecule has 0 saturated carbocycles. The molecule has 6 nitrogen and oxygen atoms in total. The molecule has 0 spiro atoms. The van der Waals surface area contributed by atoms with Gasteiger partial charge in [-0.1, -0.05) is 216 Å². The Bertz CT molecular complexity index is 1180. The van der Waals surface area contributed by atoms with E-state index >= 15 is 0 Å². The normalized spacial score (nSPS) is 12.5. The zero-order valence-corrected chi connectivity index (χ0v) is 43.0. The van der Waals surface area contributed by atoms with Gasteiger partial charge in [-0.15, -0.1) is 0 Å². The van der Waals surface area contributed by atoms with Crippen molar-refractivity contribution in [3.8, 4) is 0 Å². The van der Waals surface area contributed by atoms with Crippen molar-refractivity contribution in [3.05, 3.63) is 60.8 Å². The first kappa shape index (κ1) is 62.1. The van der Waals surface area contributed by atoms with Gasteiger partial charge in [-0.25, -0.2) is 0 Å².